The molecule has 4 rings (SSSR count). The molecule has 1 atom stereocenters. The van der Waals surface area contributed by atoms with Gasteiger partial charge in [0.2, 0.25) is 5.91 Å². The lowest BCUT2D eigenvalue weighted by atomic mass is 9.94. The van der Waals surface area contributed by atoms with E-state index in [4.69, 9.17) is 33.7 Å². The summed E-state index contributed by atoms with van der Waals surface area (Å²) < 4.78 is 5.75. The SMILES string of the molecule is CC(C)(CN)CNC(=O)c1ccc2c(c1)NC(=O)CC(c1ccc(Cl)cc1Cl)N2C(=O)COc1ccccc1. The summed E-state index contributed by atoms with van der Waals surface area (Å²) in [5.41, 5.74) is 7.13. The minimum atomic E-state index is -0.743. The molecule has 0 aromatic heterocycles. The number of fused-ring (bicyclic) bond motifs is 1. The summed E-state index contributed by atoms with van der Waals surface area (Å²) >= 11 is 12.7. The molecule has 4 N–H and O–H groups in total. The molecule has 1 unspecified atom stereocenters. The van der Waals surface area contributed by atoms with Crippen molar-refractivity contribution in [3.8, 4) is 5.75 Å². The van der Waals surface area contributed by atoms with Crippen LogP contribution in [0.2, 0.25) is 10.0 Å². The van der Waals surface area contributed by atoms with Gasteiger partial charge >= 0.3 is 0 Å². The van der Waals surface area contributed by atoms with Crippen molar-refractivity contribution in [3.05, 3.63) is 87.9 Å². The molecule has 39 heavy (non-hydrogen) atoms. The number of nitrogens with one attached hydrogen (secondary N) is 2. The fourth-order valence-corrected chi connectivity index (χ4v) is 4.71. The Morgan fingerprint density at radius 3 is 2.54 bits per heavy atom. The highest BCUT2D eigenvalue weighted by Crippen LogP contribution is 2.41. The molecular weight excluding hydrogens is 539 g/mol. The van der Waals surface area contributed by atoms with Crippen LogP contribution in [-0.4, -0.2) is 37.4 Å². The zero-order chi connectivity index (χ0) is 28.2. The molecule has 0 saturated carbocycles. The second-order valence-corrected chi connectivity index (χ2v) is 10.9. The van der Waals surface area contributed by atoms with Crippen LogP contribution in [0.4, 0.5) is 11.4 Å². The third-order valence-corrected chi connectivity index (χ3v) is 7.02. The molecule has 1 aliphatic rings. The van der Waals surface area contributed by atoms with Crippen molar-refractivity contribution in [2.75, 3.05) is 29.9 Å². The summed E-state index contributed by atoms with van der Waals surface area (Å²) in [5.74, 6) is -0.521. The number of hydrogen-bond donors (Lipinski definition) is 3. The van der Waals surface area contributed by atoms with E-state index in [2.05, 4.69) is 10.6 Å². The van der Waals surface area contributed by atoms with Crippen LogP contribution in [0.1, 0.15) is 42.2 Å². The van der Waals surface area contributed by atoms with E-state index in [0.29, 0.717) is 51.4 Å². The number of carbonyl (C=O) groups is 3. The monoisotopic (exact) mass is 568 g/mol. The molecule has 204 valence electrons. The third-order valence-electron chi connectivity index (χ3n) is 6.46. The Kier molecular flexibility index (Phi) is 8.80. The Bertz CT molecular complexity index is 1380. The number of para-hydroxylation sites is 1. The molecule has 3 aromatic rings. The lowest BCUT2D eigenvalue weighted by molar-refractivity contribution is -0.121. The van der Waals surface area contributed by atoms with Crippen LogP contribution < -0.4 is 26.0 Å². The highest BCUT2D eigenvalue weighted by atomic mass is 35.5. The minimum absolute atomic E-state index is 0.0701. The summed E-state index contributed by atoms with van der Waals surface area (Å²) in [4.78, 5) is 41.2. The number of nitrogens with two attached hydrogens (primary N) is 1. The molecule has 1 aliphatic heterocycles. The predicted octanol–water partition coefficient (Wildman–Crippen LogP) is 5.20. The first-order valence-corrected chi connectivity index (χ1v) is 13.2. The van der Waals surface area contributed by atoms with Crippen molar-refractivity contribution >= 4 is 52.3 Å². The Balaban J connectivity index is 1.71. The molecule has 0 radical (unpaired) electrons. The van der Waals surface area contributed by atoms with E-state index < -0.39 is 11.9 Å². The number of ether oxygens (including phenoxy) is 1. The van der Waals surface area contributed by atoms with Gasteiger partial charge in [-0.15, -0.1) is 0 Å². The van der Waals surface area contributed by atoms with Gasteiger partial charge in [0.15, 0.2) is 6.61 Å². The summed E-state index contributed by atoms with van der Waals surface area (Å²) in [6.07, 6.45) is -0.0701. The summed E-state index contributed by atoms with van der Waals surface area (Å²) in [5, 5.41) is 6.48. The molecule has 0 aliphatic carbocycles. The summed E-state index contributed by atoms with van der Waals surface area (Å²) in [6, 6.07) is 18.0. The minimum Gasteiger partial charge on any atom is -0.484 e. The molecule has 3 aromatic carbocycles. The predicted molar refractivity (Wildman–Crippen MR) is 153 cm³/mol. The van der Waals surface area contributed by atoms with Crippen molar-refractivity contribution in [2.45, 2.75) is 26.3 Å². The van der Waals surface area contributed by atoms with E-state index in [1.807, 2.05) is 19.9 Å². The first-order chi connectivity index (χ1) is 18.6. The van der Waals surface area contributed by atoms with E-state index in [-0.39, 0.29) is 30.3 Å². The third kappa shape index (κ3) is 6.89. The number of hydrogen-bond acceptors (Lipinski definition) is 5. The highest BCUT2D eigenvalue weighted by Gasteiger charge is 2.35. The lowest BCUT2D eigenvalue weighted by Crippen LogP contribution is -2.39. The number of rotatable bonds is 8. The van der Waals surface area contributed by atoms with Gasteiger partial charge in [0.25, 0.3) is 11.8 Å². The fourth-order valence-electron chi connectivity index (χ4n) is 4.18. The van der Waals surface area contributed by atoms with Crippen LogP contribution in [0.25, 0.3) is 0 Å². The second kappa shape index (κ2) is 12.1. The molecule has 8 nitrogen and oxygen atoms in total. The van der Waals surface area contributed by atoms with Gasteiger partial charge in [-0.2, -0.15) is 0 Å². The molecular formula is C29H30Cl2N4O4. The standard InChI is InChI=1S/C29H30Cl2N4O4/c1-29(2,16-32)17-33-28(38)18-8-11-24-23(12-18)34-26(36)14-25(21-10-9-19(30)13-22(21)31)35(24)27(37)15-39-20-6-4-3-5-7-20/h3-13,25H,14-17,32H2,1-2H3,(H,33,38)(H,34,36). The maximum atomic E-state index is 13.7. The Hall–Kier alpha value is -3.59. The van der Waals surface area contributed by atoms with Gasteiger partial charge < -0.3 is 21.1 Å². The second-order valence-electron chi connectivity index (χ2n) is 10.1. The van der Waals surface area contributed by atoms with Crippen molar-refractivity contribution in [1.29, 1.82) is 0 Å². The number of halogens is 2. The van der Waals surface area contributed by atoms with Crippen molar-refractivity contribution < 1.29 is 19.1 Å². The van der Waals surface area contributed by atoms with Gasteiger partial charge in [-0.05, 0) is 60.0 Å². The Morgan fingerprint density at radius 2 is 1.85 bits per heavy atom. The Labute approximate surface area is 237 Å². The number of carbonyl (C=O) groups excluding carboxylic acids is 3. The lowest BCUT2D eigenvalue weighted by Gasteiger charge is -2.31. The van der Waals surface area contributed by atoms with Gasteiger partial charge in [0.1, 0.15) is 5.75 Å². The quantitative estimate of drug-likeness (QED) is 0.345. The number of amides is 3. The van der Waals surface area contributed by atoms with Crippen LogP contribution in [0.15, 0.2) is 66.7 Å². The van der Waals surface area contributed by atoms with E-state index in [9.17, 15) is 14.4 Å². The molecule has 0 spiro atoms. The molecule has 1 heterocycles. The molecule has 3 amide bonds. The van der Waals surface area contributed by atoms with Crippen molar-refractivity contribution in [1.82, 2.24) is 5.32 Å². The zero-order valence-corrected chi connectivity index (χ0v) is 23.2. The van der Waals surface area contributed by atoms with E-state index in [1.54, 1.807) is 60.7 Å². The normalized spacial score (nSPS) is 15.2. The van der Waals surface area contributed by atoms with Gasteiger partial charge in [-0.3, -0.25) is 19.3 Å². The average molecular weight is 569 g/mol. The topological polar surface area (TPSA) is 114 Å². The van der Waals surface area contributed by atoms with Crippen LogP contribution in [0, 0.1) is 5.41 Å². The van der Waals surface area contributed by atoms with Gasteiger partial charge in [-0.1, -0.05) is 61.3 Å². The Morgan fingerprint density at radius 1 is 1.10 bits per heavy atom. The van der Waals surface area contributed by atoms with E-state index in [0.717, 1.165) is 0 Å². The van der Waals surface area contributed by atoms with Crippen LogP contribution in [-0.2, 0) is 9.59 Å². The molecule has 0 saturated heterocycles. The zero-order valence-electron chi connectivity index (χ0n) is 21.7. The van der Waals surface area contributed by atoms with Gasteiger partial charge in [0, 0.05) is 22.2 Å². The first-order valence-electron chi connectivity index (χ1n) is 12.4. The van der Waals surface area contributed by atoms with Crippen LogP contribution in [0.3, 0.4) is 0 Å². The number of anilines is 2. The molecule has 0 fully saturated rings. The number of benzene rings is 3. The number of nitrogens with zero attached hydrogens (tertiary/aromatic N) is 1. The summed E-state index contributed by atoms with van der Waals surface area (Å²) in [6.45, 7) is 4.41. The van der Waals surface area contributed by atoms with E-state index in [1.165, 1.54) is 4.90 Å². The first kappa shape index (κ1) is 28.4. The van der Waals surface area contributed by atoms with Gasteiger partial charge in [0.05, 0.1) is 23.8 Å². The van der Waals surface area contributed by atoms with Crippen molar-refractivity contribution in [2.24, 2.45) is 11.1 Å². The largest absolute Gasteiger partial charge is 0.484 e. The van der Waals surface area contributed by atoms with E-state index >= 15 is 0 Å². The summed E-state index contributed by atoms with van der Waals surface area (Å²) in [7, 11) is 0. The van der Waals surface area contributed by atoms with Crippen LogP contribution in [0.5, 0.6) is 5.75 Å². The maximum Gasteiger partial charge on any atom is 0.265 e. The molecule has 0 bridgehead atoms. The average Bonchev–Trinajstić information content (AvgIpc) is 3.06. The fraction of sp³-hybridized carbons (Fsp3) is 0.276. The highest BCUT2D eigenvalue weighted by molar-refractivity contribution is 6.35. The van der Waals surface area contributed by atoms with Gasteiger partial charge in [-0.25, -0.2) is 0 Å². The van der Waals surface area contributed by atoms with Crippen molar-refractivity contribution in [3.63, 3.8) is 0 Å². The smallest absolute Gasteiger partial charge is 0.265 e. The molecule has 10 heteroatoms. The maximum absolute atomic E-state index is 13.7. The van der Waals surface area contributed by atoms with Crippen LogP contribution >= 0.6 is 23.2 Å².